The third kappa shape index (κ3) is 4.14. The standard InChI is InChI=1S/C24H26ClFN4O2S/c1-13-9-29(10-14(2)27-13)23-18-8-19(25)20(15-4-6-16(26)7-5-15)22-21(18)30(24(31)28-23)11-17(32-3)12-33-22/h4-8,13-14,17,27H,9-12H2,1-3H3/t13-,14+,17-/m1/s1. The highest BCUT2D eigenvalue weighted by Gasteiger charge is 2.30. The lowest BCUT2D eigenvalue weighted by atomic mass is 10.0. The van der Waals surface area contributed by atoms with Gasteiger partial charge in [-0.2, -0.15) is 4.98 Å². The van der Waals surface area contributed by atoms with E-state index in [1.54, 1.807) is 35.6 Å². The van der Waals surface area contributed by atoms with Gasteiger partial charge in [0.05, 0.1) is 23.2 Å². The third-order valence-corrected chi connectivity index (χ3v) is 7.80. The minimum Gasteiger partial charge on any atom is -0.379 e. The normalized spacial score (nSPS) is 23.1. The van der Waals surface area contributed by atoms with E-state index in [9.17, 15) is 9.18 Å². The van der Waals surface area contributed by atoms with Crippen LogP contribution in [0.4, 0.5) is 10.2 Å². The second kappa shape index (κ2) is 8.91. The molecule has 2 aromatic carbocycles. The van der Waals surface area contributed by atoms with Crippen LogP contribution in [0.25, 0.3) is 22.0 Å². The molecule has 2 aliphatic heterocycles. The smallest absolute Gasteiger partial charge is 0.350 e. The van der Waals surface area contributed by atoms with Crippen molar-refractivity contribution in [2.45, 2.75) is 43.5 Å². The molecular weight excluding hydrogens is 463 g/mol. The fourth-order valence-corrected chi connectivity index (χ4v) is 6.56. The predicted octanol–water partition coefficient (Wildman–Crippen LogP) is 4.16. The largest absolute Gasteiger partial charge is 0.379 e. The number of nitrogens with zero attached hydrogens (tertiary/aromatic N) is 3. The minimum absolute atomic E-state index is 0.143. The summed E-state index contributed by atoms with van der Waals surface area (Å²) in [7, 11) is 1.66. The Morgan fingerprint density at radius 2 is 1.88 bits per heavy atom. The van der Waals surface area contributed by atoms with E-state index >= 15 is 0 Å². The summed E-state index contributed by atoms with van der Waals surface area (Å²) in [5.41, 5.74) is 2.13. The number of methoxy groups -OCH3 is 1. The number of benzene rings is 2. The van der Waals surface area contributed by atoms with E-state index in [2.05, 4.69) is 29.0 Å². The van der Waals surface area contributed by atoms with Gasteiger partial charge < -0.3 is 15.0 Å². The number of halogens is 2. The molecule has 174 valence electrons. The Morgan fingerprint density at radius 3 is 2.55 bits per heavy atom. The molecule has 0 aliphatic carbocycles. The van der Waals surface area contributed by atoms with Gasteiger partial charge in [0.1, 0.15) is 11.6 Å². The molecule has 3 aromatic rings. The molecular formula is C24H26ClFN4O2S. The fraction of sp³-hybridized carbons (Fsp3) is 0.417. The van der Waals surface area contributed by atoms with Crippen LogP contribution < -0.4 is 15.9 Å². The van der Waals surface area contributed by atoms with Crippen molar-refractivity contribution in [2.24, 2.45) is 0 Å². The quantitative estimate of drug-likeness (QED) is 0.597. The van der Waals surface area contributed by atoms with Crippen LogP contribution in [0.3, 0.4) is 0 Å². The molecule has 0 radical (unpaired) electrons. The molecule has 1 saturated heterocycles. The number of hydrogen-bond donors (Lipinski definition) is 1. The lowest BCUT2D eigenvalue weighted by Crippen LogP contribution is -2.55. The molecule has 1 fully saturated rings. The molecule has 5 rings (SSSR count). The Labute approximate surface area is 201 Å². The molecule has 33 heavy (non-hydrogen) atoms. The van der Waals surface area contributed by atoms with Crippen molar-refractivity contribution in [3.63, 3.8) is 0 Å². The van der Waals surface area contributed by atoms with Crippen LogP contribution in [-0.2, 0) is 11.3 Å². The maximum absolute atomic E-state index is 13.6. The molecule has 0 saturated carbocycles. The number of anilines is 1. The summed E-state index contributed by atoms with van der Waals surface area (Å²) in [6, 6.07) is 8.74. The first-order chi connectivity index (χ1) is 15.9. The van der Waals surface area contributed by atoms with Gasteiger partial charge in [-0.05, 0) is 37.6 Å². The summed E-state index contributed by atoms with van der Waals surface area (Å²) in [4.78, 5) is 20.9. The van der Waals surface area contributed by atoms with E-state index in [4.69, 9.17) is 16.3 Å². The molecule has 9 heteroatoms. The maximum Gasteiger partial charge on any atom is 0.350 e. The first kappa shape index (κ1) is 22.7. The lowest BCUT2D eigenvalue weighted by Gasteiger charge is -2.37. The highest BCUT2D eigenvalue weighted by Crippen LogP contribution is 2.45. The summed E-state index contributed by atoms with van der Waals surface area (Å²) in [6.07, 6.45) is -0.143. The number of ether oxygens (including phenoxy) is 1. The zero-order valence-electron chi connectivity index (χ0n) is 18.8. The predicted molar refractivity (Wildman–Crippen MR) is 132 cm³/mol. The third-order valence-electron chi connectivity index (χ3n) is 6.27. The second-order valence-corrected chi connectivity index (χ2v) is 10.3. The van der Waals surface area contributed by atoms with Gasteiger partial charge in [0.2, 0.25) is 0 Å². The summed E-state index contributed by atoms with van der Waals surface area (Å²) in [5.74, 6) is 1.02. The van der Waals surface area contributed by atoms with E-state index < -0.39 is 0 Å². The van der Waals surface area contributed by atoms with Crippen molar-refractivity contribution in [3.8, 4) is 11.1 Å². The molecule has 2 aliphatic rings. The molecule has 1 N–H and O–H groups in total. The first-order valence-corrected chi connectivity index (χ1v) is 12.4. The highest BCUT2D eigenvalue weighted by atomic mass is 35.5. The Kier molecular flexibility index (Phi) is 6.11. The average Bonchev–Trinajstić information content (AvgIpc) is 2.97. The van der Waals surface area contributed by atoms with Crippen molar-refractivity contribution in [1.82, 2.24) is 14.9 Å². The monoisotopic (exact) mass is 488 g/mol. The van der Waals surface area contributed by atoms with Crippen LogP contribution in [-0.4, -0.2) is 53.7 Å². The van der Waals surface area contributed by atoms with Crippen LogP contribution in [0.1, 0.15) is 13.8 Å². The van der Waals surface area contributed by atoms with Gasteiger partial charge in [0.15, 0.2) is 0 Å². The van der Waals surface area contributed by atoms with Crippen LogP contribution >= 0.6 is 23.4 Å². The number of piperazine rings is 1. The average molecular weight is 489 g/mol. The number of rotatable bonds is 3. The topological polar surface area (TPSA) is 59.4 Å². The molecule has 3 atom stereocenters. The zero-order valence-corrected chi connectivity index (χ0v) is 20.3. The Hall–Kier alpha value is -2.13. The molecule has 3 heterocycles. The van der Waals surface area contributed by atoms with Gasteiger partial charge >= 0.3 is 5.69 Å². The van der Waals surface area contributed by atoms with E-state index in [0.717, 1.165) is 40.0 Å². The summed E-state index contributed by atoms with van der Waals surface area (Å²) in [6.45, 7) is 6.17. The first-order valence-electron chi connectivity index (χ1n) is 11.0. The lowest BCUT2D eigenvalue weighted by molar-refractivity contribution is 0.107. The second-order valence-electron chi connectivity index (χ2n) is 8.84. The van der Waals surface area contributed by atoms with Gasteiger partial charge in [-0.15, -0.1) is 11.8 Å². The number of aromatic nitrogens is 2. The van der Waals surface area contributed by atoms with Crippen molar-refractivity contribution < 1.29 is 9.13 Å². The minimum atomic E-state index is -0.307. The van der Waals surface area contributed by atoms with Crippen molar-refractivity contribution in [1.29, 1.82) is 0 Å². The van der Waals surface area contributed by atoms with Crippen molar-refractivity contribution in [3.05, 3.63) is 51.7 Å². The molecule has 1 aromatic heterocycles. The van der Waals surface area contributed by atoms with Crippen LogP contribution in [0, 0.1) is 5.82 Å². The van der Waals surface area contributed by atoms with Gasteiger partial charge in [0, 0.05) is 53.9 Å². The number of hydrogen-bond acceptors (Lipinski definition) is 6. The van der Waals surface area contributed by atoms with Gasteiger partial charge in [0.25, 0.3) is 0 Å². The molecule has 6 nitrogen and oxygen atoms in total. The van der Waals surface area contributed by atoms with Gasteiger partial charge in [-0.3, -0.25) is 4.57 Å². The van der Waals surface area contributed by atoms with Crippen LogP contribution in [0.15, 0.2) is 40.0 Å². The zero-order chi connectivity index (χ0) is 23.3. The van der Waals surface area contributed by atoms with Crippen LogP contribution in [0.2, 0.25) is 5.02 Å². The van der Waals surface area contributed by atoms with Gasteiger partial charge in [-0.25, -0.2) is 9.18 Å². The van der Waals surface area contributed by atoms with Gasteiger partial charge in [-0.1, -0.05) is 23.7 Å². The van der Waals surface area contributed by atoms with Crippen molar-refractivity contribution >= 4 is 40.1 Å². The Bertz CT molecular complexity index is 1260. The Morgan fingerprint density at radius 1 is 1.18 bits per heavy atom. The molecule has 0 unspecified atom stereocenters. The van der Waals surface area contributed by atoms with E-state index in [0.29, 0.717) is 23.1 Å². The summed E-state index contributed by atoms with van der Waals surface area (Å²) in [5, 5.41) is 4.93. The molecule has 0 amide bonds. The highest BCUT2D eigenvalue weighted by molar-refractivity contribution is 7.99. The maximum atomic E-state index is 13.6. The number of thioether (sulfide) groups is 1. The van der Waals surface area contributed by atoms with E-state index in [-0.39, 0.29) is 29.7 Å². The van der Waals surface area contributed by atoms with E-state index in [1.165, 1.54) is 12.1 Å². The SMILES string of the molecule is CO[C@H]1CSc2c(-c3ccc(F)cc3)c(Cl)cc3c(N4C[C@@H](C)N[C@@H](C)C4)nc(=O)n(c23)C1. The fourth-order valence-electron chi connectivity index (χ4n) is 4.87. The van der Waals surface area contributed by atoms with E-state index in [1.807, 2.05) is 6.07 Å². The Balaban J connectivity index is 1.80. The summed E-state index contributed by atoms with van der Waals surface area (Å²) >= 11 is 8.50. The summed E-state index contributed by atoms with van der Waals surface area (Å²) < 4.78 is 21.0. The molecule has 0 spiro atoms. The van der Waals surface area contributed by atoms with Crippen molar-refractivity contribution in [2.75, 3.05) is 30.9 Å². The van der Waals surface area contributed by atoms with Crippen LogP contribution in [0.5, 0.6) is 0 Å². The molecule has 0 bridgehead atoms. The number of nitrogens with one attached hydrogen (secondary N) is 1.